The number of aromatic nitrogens is 6. The number of hydrogen-bond donors (Lipinski definition) is 4. The Morgan fingerprint density at radius 3 is 2.38 bits per heavy atom. The molecule has 20 heteroatoms. The molecule has 7 rings (SSSR count). The molecule has 2 aliphatic heterocycles. The largest absolute Gasteiger partial charge is 0.416 e. The number of rotatable bonds is 17. The van der Waals surface area contributed by atoms with Gasteiger partial charge in [-0.3, -0.25) is 14.2 Å². The molecule has 0 aliphatic carbocycles. The number of benzene rings is 2. The third kappa shape index (κ3) is 10.8. The number of ether oxygens (including phenoxy) is 1. The minimum Gasteiger partial charge on any atom is -0.416 e. The standard InChI is InChI=1S/C44H58N13O6P/c1-25(2)41(59)50-39-38-40(56(24-47-38)37-23-36(28(7)61-37)63-64(60-21-18-46-9)57(26(3)4)27(5)6)52-44(51-39)49-35-22-31(12-15-34(35)48-29(8)58)43-54-53-42(62-43)30-10-13-33(14-11-30)55-19-16-32(45)17-20-55/h10-15,22,24-28,32,36-37H,16-21,23,45H2,1-8H3,(H,48,58)(H2,49,50,51,52,59)/t28-,36?,37-,64?/m1/s1/i7D. The molecule has 340 valence electrons. The van der Waals surface area contributed by atoms with E-state index in [0.29, 0.717) is 40.4 Å². The Labute approximate surface area is 376 Å². The van der Waals surface area contributed by atoms with Gasteiger partial charge in [-0.15, -0.1) is 10.2 Å². The molecule has 19 nitrogen and oxygen atoms in total. The highest BCUT2D eigenvalue weighted by molar-refractivity contribution is 7.44. The first kappa shape index (κ1) is 45.0. The Balaban J connectivity index is 1.19. The van der Waals surface area contributed by atoms with E-state index in [1.54, 1.807) is 42.9 Å². The number of piperidine rings is 1. The maximum atomic E-state index is 13.1. The lowest BCUT2D eigenvalue weighted by atomic mass is 10.1. The Kier molecular flexibility index (Phi) is 14.4. The van der Waals surface area contributed by atoms with E-state index in [1.165, 1.54) is 6.92 Å². The molecule has 64 heavy (non-hydrogen) atoms. The monoisotopic (exact) mass is 896 g/mol. The van der Waals surface area contributed by atoms with Crippen molar-refractivity contribution in [1.82, 2.24) is 34.4 Å². The van der Waals surface area contributed by atoms with E-state index >= 15 is 0 Å². The summed E-state index contributed by atoms with van der Waals surface area (Å²) in [5, 5.41) is 17.7. The van der Waals surface area contributed by atoms with Gasteiger partial charge in [0.2, 0.25) is 36.1 Å². The summed E-state index contributed by atoms with van der Waals surface area (Å²) < 4.78 is 37.8. The van der Waals surface area contributed by atoms with Gasteiger partial charge >= 0.3 is 0 Å². The van der Waals surface area contributed by atoms with Gasteiger partial charge in [-0.05, 0) is 89.9 Å². The lowest BCUT2D eigenvalue weighted by Gasteiger charge is -2.36. The number of nitrogens with one attached hydrogen (secondary N) is 3. The molecule has 0 spiro atoms. The number of nitrogens with zero attached hydrogens (tertiary/aromatic N) is 9. The first-order valence-electron chi connectivity index (χ1n) is 22.3. The molecule has 4 atom stereocenters. The molecule has 5 aromatic rings. The lowest BCUT2D eigenvalue weighted by Crippen LogP contribution is -2.39. The third-order valence-electron chi connectivity index (χ3n) is 10.8. The topological polar surface area (TPSA) is 217 Å². The van der Waals surface area contributed by atoms with Crippen LogP contribution in [0.2, 0.25) is 0 Å². The van der Waals surface area contributed by atoms with Crippen LogP contribution in [-0.2, 0) is 23.4 Å². The van der Waals surface area contributed by atoms with Gasteiger partial charge in [-0.1, -0.05) is 13.8 Å². The number of carbonyl (C=O) groups is 2. The van der Waals surface area contributed by atoms with Gasteiger partial charge in [0.15, 0.2) is 17.0 Å². The summed E-state index contributed by atoms with van der Waals surface area (Å²) >= 11 is 0. The molecule has 2 fully saturated rings. The zero-order valence-corrected chi connectivity index (χ0v) is 38.2. The summed E-state index contributed by atoms with van der Waals surface area (Å²) in [5.74, 6) is -0.131. The van der Waals surface area contributed by atoms with Gasteiger partial charge in [0.05, 0.1) is 29.9 Å². The van der Waals surface area contributed by atoms with Crippen LogP contribution in [0.4, 0.5) is 28.8 Å². The van der Waals surface area contributed by atoms with Crippen molar-refractivity contribution < 1.29 is 29.2 Å². The fraction of sp³-hybridized carbons (Fsp3) is 0.500. The number of nitrogens with two attached hydrogens (primary N) is 1. The third-order valence-corrected chi connectivity index (χ3v) is 13.0. The van der Waals surface area contributed by atoms with Gasteiger partial charge in [-0.25, -0.2) is 16.2 Å². The molecule has 0 saturated carbocycles. The minimum atomic E-state index is -1.60. The Morgan fingerprint density at radius 1 is 1.02 bits per heavy atom. The highest BCUT2D eigenvalue weighted by Crippen LogP contribution is 2.50. The fourth-order valence-electron chi connectivity index (χ4n) is 7.55. The van der Waals surface area contributed by atoms with E-state index in [9.17, 15) is 9.59 Å². The Bertz CT molecular complexity index is 2460. The molecule has 5 heterocycles. The number of anilines is 5. The summed E-state index contributed by atoms with van der Waals surface area (Å²) in [4.78, 5) is 45.6. The lowest BCUT2D eigenvalue weighted by molar-refractivity contribution is -0.119. The average molecular weight is 897 g/mol. The zero-order valence-electron chi connectivity index (χ0n) is 38.3. The van der Waals surface area contributed by atoms with Crippen molar-refractivity contribution in [3.05, 3.63) is 60.2 Å². The van der Waals surface area contributed by atoms with Gasteiger partial charge in [0, 0.05) is 68.7 Å². The van der Waals surface area contributed by atoms with E-state index in [2.05, 4.69) is 73.2 Å². The van der Waals surface area contributed by atoms with Crippen LogP contribution in [0.1, 0.15) is 82.2 Å². The van der Waals surface area contributed by atoms with Crippen LogP contribution in [0.5, 0.6) is 0 Å². The van der Waals surface area contributed by atoms with Crippen LogP contribution in [-0.4, -0.2) is 103 Å². The maximum Gasteiger partial charge on any atom is 0.259 e. The van der Waals surface area contributed by atoms with Crippen molar-refractivity contribution in [3.63, 3.8) is 0 Å². The zero-order chi connectivity index (χ0) is 46.4. The van der Waals surface area contributed by atoms with Crippen LogP contribution in [0, 0.1) is 12.5 Å². The molecular weight excluding hydrogens is 838 g/mol. The van der Waals surface area contributed by atoms with Gasteiger partial charge in [-0.2, -0.15) is 9.97 Å². The quantitative estimate of drug-likeness (QED) is 0.0399. The van der Waals surface area contributed by atoms with E-state index in [-0.39, 0.29) is 73.6 Å². The van der Waals surface area contributed by atoms with E-state index in [1.807, 2.05) is 24.3 Å². The molecule has 2 saturated heterocycles. The molecule has 2 unspecified atom stereocenters. The second-order valence-electron chi connectivity index (χ2n) is 16.7. The van der Waals surface area contributed by atoms with Crippen molar-refractivity contribution in [3.8, 4) is 22.9 Å². The molecule has 5 N–H and O–H groups in total. The van der Waals surface area contributed by atoms with Gasteiger partial charge < -0.3 is 49.6 Å². The van der Waals surface area contributed by atoms with Crippen molar-refractivity contribution in [1.29, 1.82) is 0 Å². The van der Waals surface area contributed by atoms with E-state index in [4.69, 9.17) is 41.8 Å². The first-order valence-corrected chi connectivity index (χ1v) is 22.7. The van der Waals surface area contributed by atoms with Gasteiger partial charge in [0.1, 0.15) is 12.8 Å². The molecule has 2 aliphatic rings. The molecule has 2 amide bonds. The molecule has 0 bridgehead atoms. The van der Waals surface area contributed by atoms with Crippen molar-refractivity contribution >= 4 is 60.3 Å². The maximum absolute atomic E-state index is 13.1. The van der Waals surface area contributed by atoms with E-state index < -0.39 is 27.0 Å². The van der Waals surface area contributed by atoms with Crippen molar-refractivity contribution in [2.45, 2.75) is 111 Å². The number of amides is 2. The predicted molar refractivity (Wildman–Crippen MR) is 246 cm³/mol. The highest BCUT2D eigenvalue weighted by atomic mass is 31.2. The summed E-state index contributed by atoms with van der Waals surface area (Å²) in [6.07, 6.45) is 2.01. The van der Waals surface area contributed by atoms with E-state index in [0.717, 1.165) is 37.2 Å². The van der Waals surface area contributed by atoms with Gasteiger partial charge in [0.25, 0.3) is 8.53 Å². The van der Waals surface area contributed by atoms with Crippen LogP contribution in [0.25, 0.3) is 38.9 Å². The van der Waals surface area contributed by atoms with Crippen LogP contribution >= 0.6 is 8.53 Å². The molecule has 3 aromatic heterocycles. The SMILES string of the molecule is [2H]C[C@H]1O[C@@H](n2cnc3c(NC(=O)C(C)C)nc(Nc4cc(-c5nnc(-c6ccc(N7CCC(N)CC7)cc6)o5)ccc4NC(C)=O)nc32)CC1OP(OCC[N+]#[C-])N(C(C)C)C(C)C. The number of hydrogen-bond acceptors (Lipinski definition) is 15. The second kappa shape index (κ2) is 20.5. The summed E-state index contributed by atoms with van der Waals surface area (Å²) in [7, 11) is -1.60. The molecule has 0 radical (unpaired) electrons. The van der Waals surface area contributed by atoms with Crippen LogP contribution < -0.4 is 26.6 Å². The number of imidazole rings is 1. The fourth-order valence-corrected chi connectivity index (χ4v) is 9.30. The number of fused-ring (bicyclic) bond motifs is 1. The minimum absolute atomic E-state index is 0.0770. The first-order chi connectivity index (χ1) is 31.2. The number of carbonyl (C=O) groups excluding carboxylic acids is 2. The van der Waals surface area contributed by atoms with Crippen molar-refractivity contribution in [2.24, 2.45) is 11.7 Å². The molecular formula is C44H58N13O6P. The Morgan fingerprint density at radius 2 is 1.72 bits per heavy atom. The predicted octanol–water partition coefficient (Wildman–Crippen LogP) is 7.74. The normalized spacial score (nSPS) is 18.8. The summed E-state index contributed by atoms with van der Waals surface area (Å²) in [5.41, 5.74) is 10.0. The smallest absolute Gasteiger partial charge is 0.259 e. The second-order valence-corrected chi connectivity index (χ2v) is 18.1. The summed E-state index contributed by atoms with van der Waals surface area (Å²) in [6, 6.07) is 13.6. The van der Waals surface area contributed by atoms with Crippen LogP contribution in [0.15, 0.2) is 53.2 Å². The average Bonchev–Trinajstić information content (AvgIpc) is 4.03. The summed E-state index contributed by atoms with van der Waals surface area (Å²) in [6.45, 7) is 22.6. The van der Waals surface area contributed by atoms with Crippen molar-refractivity contribution in [2.75, 3.05) is 47.1 Å². The highest BCUT2D eigenvalue weighted by Gasteiger charge is 2.40. The molecule has 2 aromatic carbocycles. The Hall–Kier alpha value is -5.61. The van der Waals surface area contributed by atoms with Crippen LogP contribution in [0.3, 0.4) is 0 Å².